The molecule has 5 nitrogen and oxygen atoms in total. The normalized spacial score (nSPS) is 13.2. The Morgan fingerprint density at radius 1 is 1.41 bits per heavy atom. The van der Waals surface area contributed by atoms with E-state index >= 15 is 0 Å². The van der Waals surface area contributed by atoms with E-state index in [0.29, 0.717) is 17.9 Å². The topological polar surface area (TPSA) is 75.6 Å². The van der Waals surface area contributed by atoms with Gasteiger partial charge in [-0.05, 0) is 49.5 Å². The van der Waals surface area contributed by atoms with Gasteiger partial charge in [0, 0.05) is 0 Å². The number of carboxylic acids is 1. The average Bonchev–Trinajstić information content (AvgIpc) is 2.50. The highest BCUT2D eigenvalue weighted by Crippen LogP contribution is 2.15. The van der Waals surface area contributed by atoms with E-state index < -0.39 is 24.0 Å². The molecule has 22 heavy (non-hydrogen) atoms. The Bertz CT molecular complexity index is 507. The van der Waals surface area contributed by atoms with Crippen LogP contribution in [-0.4, -0.2) is 41.1 Å². The van der Waals surface area contributed by atoms with E-state index in [4.69, 9.17) is 9.84 Å². The zero-order valence-corrected chi connectivity index (χ0v) is 14.0. The van der Waals surface area contributed by atoms with Gasteiger partial charge in [-0.1, -0.05) is 19.1 Å². The van der Waals surface area contributed by atoms with Gasteiger partial charge in [0.2, 0.25) is 0 Å². The van der Waals surface area contributed by atoms with Gasteiger partial charge in [-0.25, -0.2) is 4.79 Å². The minimum atomic E-state index is -1.03. The maximum Gasteiger partial charge on any atom is 0.326 e. The van der Waals surface area contributed by atoms with Gasteiger partial charge in [-0.2, -0.15) is 11.8 Å². The third-order valence-corrected chi connectivity index (χ3v) is 3.86. The molecule has 2 unspecified atom stereocenters. The largest absolute Gasteiger partial charge is 0.481 e. The summed E-state index contributed by atoms with van der Waals surface area (Å²) in [4.78, 5) is 23.2. The van der Waals surface area contributed by atoms with Crippen molar-refractivity contribution in [2.45, 2.75) is 38.8 Å². The number of aliphatic carboxylic acids is 1. The second-order valence-corrected chi connectivity index (χ2v) is 5.93. The SMILES string of the molecule is CCc1cccc(OC(C)C(=O)NC(CCSC)C(=O)O)c1. The Morgan fingerprint density at radius 2 is 2.14 bits per heavy atom. The van der Waals surface area contributed by atoms with Crippen LogP contribution in [0.5, 0.6) is 5.75 Å². The number of amides is 1. The highest BCUT2D eigenvalue weighted by Gasteiger charge is 2.23. The maximum absolute atomic E-state index is 12.1. The lowest BCUT2D eigenvalue weighted by atomic mass is 10.1. The number of ether oxygens (including phenoxy) is 1. The van der Waals surface area contributed by atoms with Crippen molar-refractivity contribution in [2.75, 3.05) is 12.0 Å². The molecule has 0 bridgehead atoms. The quantitative estimate of drug-likeness (QED) is 0.729. The van der Waals surface area contributed by atoms with E-state index in [9.17, 15) is 9.59 Å². The predicted octanol–water partition coefficient (Wildman–Crippen LogP) is 2.34. The summed E-state index contributed by atoms with van der Waals surface area (Å²) in [6, 6.07) is 6.64. The Morgan fingerprint density at radius 3 is 2.73 bits per heavy atom. The molecular weight excluding hydrogens is 302 g/mol. The monoisotopic (exact) mass is 325 g/mol. The van der Waals surface area contributed by atoms with E-state index in [0.717, 1.165) is 12.0 Å². The van der Waals surface area contributed by atoms with Crippen LogP contribution in [0.3, 0.4) is 0 Å². The van der Waals surface area contributed by atoms with Gasteiger partial charge in [0.1, 0.15) is 11.8 Å². The maximum atomic E-state index is 12.1. The average molecular weight is 325 g/mol. The molecule has 0 aliphatic heterocycles. The molecule has 2 atom stereocenters. The van der Waals surface area contributed by atoms with Crippen molar-refractivity contribution in [1.82, 2.24) is 5.32 Å². The number of nitrogens with one attached hydrogen (secondary N) is 1. The second kappa shape index (κ2) is 9.35. The predicted molar refractivity (Wildman–Crippen MR) is 88.5 cm³/mol. The summed E-state index contributed by atoms with van der Waals surface area (Å²) >= 11 is 1.54. The van der Waals surface area contributed by atoms with Crippen LogP contribution in [0.2, 0.25) is 0 Å². The second-order valence-electron chi connectivity index (χ2n) is 4.94. The van der Waals surface area contributed by atoms with Crippen LogP contribution in [-0.2, 0) is 16.0 Å². The summed E-state index contributed by atoms with van der Waals surface area (Å²) in [5, 5.41) is 11.6. The Balaban J connectivity index is 2.61. The summed E-state index contributed by atoms with van der Waals surface area (Å²) < 4.78 is 5.59. The van der Waals surface area contributed by atoms with E-state index in [1.165, 1.54) is 0 Å². The van der Waals surface area contributed by atoms with Crippen LogP contribution in [0.4, 0.5) is 0 Å². The first-order valence-corrected chi connectivity index (χ1v) is 8.65. The molecule has 0 aliphatic carbocycles. The lowest BCUT2D eigenvalue weighted by Crippen LogP contribution is -2.46. The van der Waals surface area contributed by atoms with E-state index in [1.54, 1.807) is 24.8 Å². The highest BCUT2D eigenvalue weighted by atomic mass is 32.2. The van der Waals surface area contributed by atoms with Crippen molar-refractivity contribution in [3.8, 4) is 5.75 Å². The van der Waals surface area contributed by atoms with Gasteiger partial charge in [-0.15, -0.1) is 0 Å². The summed E-state index contributed by atoms with van der Waals surface area (Å²) in [7, 11) is 0. The molecule has 1 amide bonds. The van der Waals surface area contributed by atoms with Gasteiger partial charge in [0.25, 0.3) is 5.91 Å². The molecule has 0 aromatic heterocycles. The Kier molecular flexibility index (Phi) is 7.80. The minimum Gasteiger partial charge on any atom is -0.481 e. The number of aryl methyl sites for hydroxylation is 1. The molecule has 6 heteroatoms. The number of hydrogen-bond acceptors (Lipinski definition) is 4. The summed E-state index contributed by atoms with van der Waals surface area (Å²) in [5.41, 5.74) is 1.12. The molecule has 1 rings (SSSR count). The van der Waals surface area contributed by atoms with E-state index in [2.05, 4.69) is 5.32 Å². The summed E-state index contributed by atoms with van der Waals surface area (Å²) in [5.74, 6) is -0.165. The van der Waals surface area contributed by atoms with Crippen molar-refractivity contribution >= 4 is 23.6 Å². The molecule has 1 aromatic carbocycles. The molecule has 0 heterocycles. The smallest absolute Gasteiger partial charge is 0.326 e. The van der Waals surface area contributed by atoms with Crippen LogP contribution in [0.25, 0.3) is 0 Å². The fourth-order valence-electron chi connectivity index (χ4n) is 1.88. The third-order valence-electron chi connectivity index (χ3n) is 3.21. The van der Waals surface area contributed by atoms with Crippen LogP contribution >= 0.6 is 11.8 Å². The van der Waals surface area contributed by atoms with Crippen molar-refractivity contribution in [1.29, 1.82) is 0 Å². The fraction of sp³-hybridized carbons (Fsp3) is 0.500. The van der Waals surface area contributed by atoms with E-state index in [-0.39, 0.29) is 0 Å². The number of carbonyl (C=O) groups excluding carboxylic acids is 1. The van der Waals surface area contributed by atoms with Gasteiger partial charge < -0.3 is 15.2 Å². The van der Waals surface area contributed by atoms with Gasteiger partial charge in [0.05, 0.1) is 0 Å². The zero-order chi connectivity index (χ0) is 16.5. The lowest BCUT2D eigenvalue weighted by molar-refractivity contribution is -0.142. The molecule has 0 spiro atoms. The third kappa shape index (κ3) is 5.97. The first-order chi connectivity index (χ1) is 10.5. The molecule has 0 radical (unpaired) electrons. The Hall–Kier alpha value is -1.69. The van der Waals surface area contributed by atoms with Gasteiger partial charge in [0.15, 0.2) is 6.10 Å². The van der Waals surface area contributed by atoms with Gasteiger partial charge >= 0.3 is 5.97 Å². The molecule has 2 N–H and O–H groups in total. The fourth-order valence-corrected chi connectivity index (χ4v) is 2.35. The van der Waals surface area contributed by atoms with Crippen LogP contribution in [0, 0.1) is 0 Å². The van der Waals surface area contributed by atoms with Gasteiger partial charge in [-0.3, -0.25) is 4.79 Å². The van der Waals surface area contributed by atoms with Crippen LogP contribution < -0.4 is 10.1 Å². The lowest BCUT2D eigenvalue weighted by Gasteiger charge is -2.19. The number of benzene rings is 1. The van der Waals surface area contributed by atoms with Crippen molar-refractivity contribution in [2.24, 2.45) is 0 Å². The standard InChI is InChI=1S/C16H23NO4S/c1-4-12-6-5-7-13(10-12)21-11(2)15(18)17-14(16(19)20)8-9-22-3/h5-7,10-11,14H,4,8-9H2,1-3H3,(H,17,18)(H,19,20). The molecule has 0 saturated carbocycles. The molecule has 0 saturated heterocycles. The first kappa shape index (κ1) is 18.4. The van der Waals surface area contributed by atoms with Crippen LogP contribution in [0.1, 0.15) is 25.8 Å². The van der Waals surface area contributed by atoms with E-state index in [1.807, 2.05) is 31.4 Å². The minimum absolute atomic E-state index is 0.389. The molecule has 122 valence electrons. The molecule has 0 fully saturated rings. The zero-order valence-electron chi connectivity index (χ0n) is 13.2. The summed E-state index contributed by atoms with van der Waals surface area (Å²) in [6.07, 6.45) is 2.42. The van der Waals surface area contributed by atoms with Crippen molar-refractivity contribution in [3.05, 3.63) is 29.8 Å². The number of rotatable bonds is 9. The van der Waals surface area contributed by atoms with Crippen molar-refractivity contribution < 1.29 is 19.4 Å². The number of thioether (sulfide) groups is 1. The molecule has 1 aromatic rings. The molecular formula is C16H23NO4S. The number of carbonyl (C=O) groups is 2. The summed E-state index contributed by atoms with van der Waals surface area (Å²) in [6.45, 7) is 3.65. The van der Waals surface area contributed by atoms with Crippen molar-refractivity contribution in [3.63, 3.8) is 0 Å². The first-order valence-electron chi connectivity index (χ1n) is 7.25. The number of hydrogen-bond donors (Lipinski definition) is 2. The highest BCUT2D eigenvalue weighted by molar-refractivity contribution is 7.98. The Labute approximate surface area is 135 Å². The number of carboxylic acid groups (broad SMARTS) is 1. The van der Waals surface area contributed by atoms with Crippen LogP contribution in [0.15, 0.2) is 24.3 Å². The molecule has 0 aliphatic rings.